The van der Waals surface area contributed by atoms with E-state index in [9.17, 15) is 4.79 Å². The molecule has 102 valence electrons. The van der Waals surface area contributed by atoms with Crippen molar-refractivity contribution in [2.45, 2.75) is 38.1 Å². The summed E-state index contributed by atoms with van der Waals surface area (Å²) in [6.45, 7) is 5.52. The van der Waals surface area contributed by atoms with Crippen molar-refractivity contribution in [1.29, 1.82) is 0 Å². The van der Waals surface area contributed by atoms with E-state index in [4.69, 9.17) is 14.2 Å². The molecule has 5 heteroatoms. The van der Waals surface area contributed by atoms with E-state index in [-0.39, 0.29) is 23.7 Å². The largest absolute Gasteiger partial charge is 0.378 e. The molecule has 0 bridgehead atoms. The normalized spacial score (nSPS) is 33.9. The van der Waals surface area contributed by atoms with Gasteiger partial charge in [-0.15, -0.1) is 0 Å². The van der Waals surface area contributed by atoms with Crippen LogP contribution in [0.2, 0.25) is 0 Å². The maximum atomic E-state index is 12.2. The Bertz CT molecular complexity index is 317. The molecule has 0 aromatic rings. The second-order valence-corrected chi connectivity index (χ2v) is 5.27. The van der Waals surface area contributed by atoms with Gasteiger partial charge in [0.05, 0.1) is 25.2 Å². The maximum Gasteiger partial charge on any atom is 0.228 e. The summed E-state index contributed by atoms with van der Waals surface area (Å²) in [5, 5.41) is 0. The summed E-state index contributed by atoms with van der Waals surface area (Å²) >= 11 is 0. The van der Waals surface area contributed by atoms with Gasteiger partial charge in [0.15, 0.2) is 5.79 Å². The minimum Gasteiger partial charge on any atom is -0.378 e. The average molecular weight is 255 g/mol. The molecule has 3 fully saturated rings. The van der Waals surface area contributed by atoms with Crippen LogP contribution in [0.25, 0.3) is 0 Å². The second-order valence-electron chi connectivity index (χ2n) is 5.27. The summed E-state index contributed by atoms with van der Waals surface area (Å²) in [5.74, 6) is -0.0367. The van der Waals surface area contributed by atoms with Crippen molar-refractivity contribution in [1.82, 2.24) is 4.90 Å². The molecule has 0 aromatic heterocycles. The molecule has 0 unspecified atom stereocenters. The Morgan fingerprint density at radius 3 is 2.61 bits per heavy atom. The van der Waals surface area contributed by atoms with E-state index < -0.39 is 0 Å². The third-order valence-corrected chi connectivity index (χ3v) is 4.08. The van der Waals surface area contributed by atoms with Gasteiger partial charge in [-0.1, -0.05) is 0 Å². The van der Waals surface area contributed by atoms with Gasteiger partial charge in [-0.05, 0) is 13.3 Å². The third kappa shape index (κ3) is 2.27. The van der Waals surface area contributed by atoms with Crippen LogP contribution in [-0.2, 0) is 19.0 Å². The molecular weight excluding hydrogens is 234 g/mol. The Kier molecular flexibility index (Phi) is 3.30. The van der Waals surface area contributed by atoms with Gasteiger partial charge in [-0.3, -0.25) is 4.79 Å². The highest BCUT2D eigenvalue weighted by Gasteiger charge is 2.48. The van der Waals surface area contributed by atoms with Gasteiger partial charge in [-0.2, -0.15) is 0 Å². The van der Waals surface area contributed by atoms with Crippen LogP contribution in [0.4, 0.5) is 0 Å². The maximum absolute atomic E-state index is 12.2. The number of carbonyl (C=O) groups excluding carboxylic acids is 1. The van der Waals surface area contributed by atoms with Crippen LogP contribution in [0.1, 0.15) is 26.2 Å². The van der Waals surface area contributed by atoms with E-state index in [1.807, 2.05) is 11.8 Å². The Hall–Kier alpha value is -0.650. The molecule has 1 amide bonds. The monoisotopic (exact) mass is 255 g/mol. The van der Waals surface area contributed by atoms with E-state index in [2.05, 4.69) is 0 Å². The van der Waals surface area contributed by atoms with Gasteiger partial charge < -0.3 is 19.1 Å². The molecule has 2 saturated heterocycles. The first-order valence-electron chi connectivity index (χ1n) is 6.92. The van der Waals surface area contributed by atoms with E-state index in [1.54, 1.807) is 0 Å². The molecule has 0 aromatic carbocycles. The predicted molar refractivity (Wildman–Crippen MR) is 64.0 cm³/mol. The molecule has 2 atom stereocenters. The van der Waals surface area contributed by atoms with Gasteiger partial charge in [0.1, 0.15) is 0 Å². The molecule has 5 nitrogen and oxygen atoms in total. The lowest BCUT2D eigenvalue weighted by Gasteiger charge is -2.37. The van der Waals surface area contributed by atoms with E-state index in [0.29, 0.717) is 19.8 Å². The lowest BCUT2D eigenvalue weighted by atomic mass is 10.0. The summed E-state index contributed by atoms with van der Waals surface area (Å²) < 4.78 is 16.8. The molecule has 18 heavy (non-hydrogen) atoms. The minimum absolute atomic E-state index is 0.101. The first-order valence-corrected chi connectivity index (χ1v) is 6.92. The molecular formula is C13H21NO4. The van der Waals surface area contributed by atoms with Crippen LogP contribution in [0.5, 0.6) is 0 Å². The number of likely N-dealkylation sites (tertiary alicyclic amines) is 1. The highest BCUT2D eigenvalue weighted by molar-refractivity contribution is 5.82. The molecule has 0 radical (unpaired) electrons. The van der Waals surface area contributed by atoms with Crippen LogP contribution in [0.15, 0.2) is 0 Å². The Morgan fingerprint density at radius 1 is 1.33 bits per heavy atom. The van der Waals surface area contributed by atoms with Crippen molar-refractivity contribution in [2.75, 3.05) is 32.9 Å². The summed E-state index contributed by atoms with van der Waals surface area (Å²) in [7, 11) is 0. The zero-order valence-electron chi connectivity index (χ0n) is 10.9. The van der Waals surface area contributed by atoms with Crippen molar-refractivity contribution in [3.63, 3.8) is 0 Å². The lowest BCUT2D eigenvalue weighted by molar-refractivity contribution is -0.187. The topological polar surface area (TPSA) is 48.0 Å². The molecule has 1 aliphatic carbocycles. The first kappa shape index (κ1) is 12.4. The summed E-state index contributed by atoms with van der Waals surface area (Å²) in [6, 6.07) is 0. The van der Waals surface area contributed by atoms with Crippen LogP contribution < -0.4 is 0 Å². The first-order chi connectivity index (χ1) is 8.74. The van der Waals surface area contributed by atoms with Crippen molar-refractivity contribution in [2.24, 2.45) is 5.92 Å². The molecule has 2 aliphatic heterocycles. The molecule has 1 saturated carbocycles. The fraction of sp³-hybridized carbons (Fsp3) is 0.923. The van der Waals surface area contributed by atoms with Crippen molar-refractivity contribution >= 4 is 5.91 Å². The van der Waals surface area contributed by atoms with E-state index >= 15 is 0 Å². The smallest absolute Gasteiger partial charge is 0.228 e. The molecule has 1 spiro atoms. The number of rotatable bonds is 3. The number of carbonyl (C=O) groups is 1. The highest BCUT2D eigenvalue weighted by Crippen LogP contribution is 2.38. The van der Waals surface area contributed by atoms with Gasteiger partial charge in [-0.25, -0.2) is 0 Å². The lowest BCUT2D eigenvalue weighted by Crippen LogP contribution is -2.48. The van der Waals surface area contributed by atoms with Gasteiger partial charge in [0.25, 0.3) is 0 Å². The van der Waals surface area contributed by atoms with Crippen molar-refractivity contribution in [3.05, 3.63) is 0 Å². The second kappa shape index (κ2) is 4.79. The minimum atomic E-state index is -0.389. The van der Waals surface area contributed by atoms with Gasteiger partial charge in [0, 0.05) is 32.5 Å². The van der Waals surface area contributed by atoms with E-state index in [0.717, 1.165) is 32.4 Å². The van der Waals surface area contributed by atoms with Gasteiger partial charge >= 0.3 is 0 Å². The average Bonchev–Trinajstić information content (AvgIpc) is 3.02. The Balaban J connectivity index is 1.49. The SMILES string of the molecule is CCO[C@@H]1C[C@@H]1C(=O)N1CCC2(CC1)OCCO2. The fourth-order valence-electron chi connectivity index (χ4n) is 2.92. The van der Waals surface area contributed by atoms with Gasteiger partial charge in [0.2, 0.25) is 5.91 Å². The molecule has 3 rings (SSSR count). The van der Waals surface area contributed by atoms with Crippen LogP contribution >= 0.6 is 0 Å². The number of ether oxygens (including phenoxy) is 3. The third-order valence-electron chi connectivity index (χ3n) is 4.08. The zero-order chi connectivity index (χ0) is 12.6. The molecule has 2 heterocycles. The van der Waals surface area contributed by atoms with Crippen LogP contribution in [0, 0.1) is 5.92 Å². The van der Waals surface area contributed by atoms with Crippen molar-refractivity contribution in [3.8, 4) is 0 Å². The number of piperidine rings is 1. The fourth-order valence-corrected chi connectivity index (χ4v) is 2.92. The number of hydrogen-bond donors (Lipinski definition) is 0. The summed E-state index contributed by atoms with van der Waals surface area (Å²) in [4.78, 5) is 14.2. The zero-order valence-corrected chi connectivity index (χ0v) is 10.9. The molecule has 3 aliphatic rings. The van der Waals surface area contributed by atoms with Crippen LogP contribution in [0.3, 0.4) is 0 Å². The van der Waals surface area contributed by atoms with Crippen LogP contribution in [-0.4, -0.2) is 55.6 Å². The summed E-state index contributed by atoms with van der Waals surface area (Å²) in [5.41, 5.74) is 0. The predicted octanol–water partition coefficient (Wildman–Crippen LogP) is 0.777. The Morgan fingerprint density at radius 2 is 2.00 bits per heavy atom. The highest BCUT2D eigenvalue weighted by atomic mass is 16.7. The number of hydrogen-bond acceptors (Lipinski definition) is 4. The molecule has 0 N–H and O–H groups in total. The van der Waals surface area contributed by atoms with Crippen molar-refractivity contribution < 1.29 is 19.0 Å². The standard InChI is InChI=1S/C13H21NO4/c1-2-16-11-9-10(11)12(15)14-5-3-13(4-6-14)17-7-8-18-13/h10-11H,2-9H2,1H3/t10-,11+/m0/s1. The summed E-state index contributed by atoms with van der Waals surface area (Å²) in [6.07, 6.45) is 2.65. The van der Waals surface area contributed by atoms with E-state index in [1.165, 1.54) is 0 Å². The quantitative estimate of drug-likeness (QED) is 0.747. The Labute approximate surface area is 107 Å². The number of amides is 1. The number of nitrogens with zero attached hydrogens (tertiary/aromatic N) is 1.